The van der Waals surface area contributed by atoms with Crippen molar-refractivity contribution in [3.63, 3.8) is 0 Å². The van der Waals surface area contributed by atoms with Gasteiger partial charge in [-0.25, -0.2) is 15.0 Å². The third kappa shape index (κ3) is 4.48. The van der Waals surface area contributed by atoms with Gasteiger partial charge in [-0.1, -0.05) is 36.4 Å². The molecule has 2 aromatic carbocycles. The molecule has 5 aromatic rings. The molecule has 0 unspecified atom stereocenters. The standard InChI is InChI=1S/C25H20N6S/c1-17-9-10-20(28-25-31-23(16-32-25)18-6-3-2-4-7-18)14-22(17)30-24-27-13-11-21(29-24)19-8-5-12-26-15-19/h2-16H,1H3,(H,28,31)(H,27,29,30). The largest absolute Gasteiger partial charge is 0.331 e. The minimum absolute atomic E-state index is 0.534. The summed E-state index contributed by atoms with van der Waals surface area (Å²) in [4.78, 5) is 17.9. The number of benzene rings is 2. The van der Waals surface area contributed by atoms with E-state index < -0.39 is 0 Å². The minimum atomic E-state index is 0.534. The van der Waals surface area contributed by atoms with Crippen molar-refractivity contribution in [2.45, 2.75) is 6.92 Å². The summed E-state index contributed by atoms with van der Waals surface area (Å²) in [6.07, 6.45) is 5.28. The van der Waals surface area contributed by atoms with Crippen LogP contribution in [0.25, 0.3) is 22.5 Å². The first-order valence-electron chi connectivity index (χ1n) is 10.1. The SMILES string of the molecule is Cc1ccc(Nc2nc(-c3ccccc3)cs2)cc1Nc1nccc(-c2cccnc2)n1. The van der Waals surface area contributed by atoms with Crippen LogP contribution in [0.4, 0.5) is 22.5 Å². The summed E-state index contributed by atoms with van der Waals surface area (Å²) in [6.45, 7) is 2.05. The summed E-state index contributed by atoms with van der Waals surface area (Å²) < 4.78 is 0. The number of hydrogen-bond acceptors (Lipinski definition) is 7. The number of nitrogens with one attached hydrogen (secondary N) is 2. The van der Waals surface area contributed by atoms with Gasteiger partial charge < -0.3 is 10.6 Å². The van der Waals surface area contributed by atoms with Crippen molar-refractivity contribution in [2.75, 3.05) is 10.6 Å². The van der Waals surface area contributed by atoms with E-state index in [9.17, 15) is 0 Å². The lowest BCUT2D eigenvalue weighted by atomic mass is 10.2. The molecule has 0 fully saturated rings. The van der Waals surface area contributed by atoms with Gasteiger partial charge in [-0.05, 0) is 42.8 Å². The van der Waals surface area contributed by atoms with Crippen LogP contribution in [-0.2, 0) is 0 Å². The number of nitrogens with zero attached hydrogens (tertiary/aromatic N) is 4. The maximum atomic E-state index is 4.71. The van der Waals surface area contributed by atoms with Gasteiger partial charge in [-0.3, -0.25) is 4.98 Å². The number of aryl methyl sites for hydroxylation is 1. The highest BCUT2D eigenvalue weighted by Gasteiger charge is 2.08. The fourth-order valence-electron chi connectivity index (χ4n) is 3.24. The molecule has 0 aliphatic rings. The Kier molecular flexibility index (Phi) is 5.55. The first-order valence-corrected chi connectivity index (χ1v) is 11.0. The van der Waals surface area contributed by atoms with Gasteiger partial charge in [-0.15, -0.1) is 11.3 Å². The fourth-order valence-corrected chi connectivity index (χ4v) is 3.98. The highest BCUT2D eigenvalue weighted by molar-refractivity contribution is 7.14. The van der Waals surface area contributed by atoms with Gasteiger partial charge in [0.1, 0.15) is 0 Å². The third-order valence-corrected chi connectivity index (χ3v) is 5.68. The summed E-state index contributed by atoms with van der Waals surface area (Å²) in [5.74, 6) is 0.534. The van der Waals surface area contributed by atoms with Gasteiger partial charge in [-0.2, -0.15) is 0 Å². The predicted molar refractivity (Wildman–Crippen MR) is 131 cm³/mol. The molecular formula is C25H20N6S. The average molecular weight is 437 g/mol. The summed E-state index contributed by atoms with van der Waals surface area (Å²) in [6, 6.07) is 22.1. The number of anilines is 4. The lowest BCUT2D eigenvalue weighted by Crippen LogP contribution is -2.00. The average Bonchev–Trinajstić information content (AvgIpc) is 3.31. The minimum Gasteiger partial charge on any atom is -0.331 e. The van der Waals surface area contributed by atoms with Gasteiger partial charge in [0.15, 0.2) is 5.13 Å². The number of thiazole rings is 1. The van der Waals surface area contributed by atoms with E-state index in [0.717, 1.165) is 44.6 Å². The van der Waals surface area contributed by atoms with E-state index in [1.807, 2.05) is 55.5 Å². The van der Waals surface area contributed by atoms with Crippen molar-refractivity contribution in [3.8, 4) is 22.5 Å². The second kappa shape index (κ2) is 8.95. The first kappa shape index (κ1) is 19.8. The molecule has 6 nitrogen and oxygen atoms in total. The summed E-state index contributed by atoms with van der Waals surface area (Å²) >= 11 is 1.58. The van der Waals surface area contributed by atoms with Crippen molar-refractivity contribution in [1.29, 1.82) is 0 Å². The van der Waals surface area contributed by atoms with Gasteiger partial charge >= 0.3 is 0 Å². The highest BCUT2D eigenvalue weighted by atomic mass is 32.1. The Bertz CT molecular complexity index is 1340. The number of hydrogen-bond donors (Lipinski definition) is 2. The second-order valence-corrected chi connectivity index (χ2v) is 8.05. The lowest BCUT2D eigenvalue weighted by Gasteiger charge is -2.11. The van der Waals surface area contributed by atoms with Gasteiger partial charge in [0, 0.05) is 46.5 Å². The fraction of sp³-hybridized carbons (Fsp3) is 0.0400. The number of pyridine rings is 1. The molecule has 0 spiro atoms. The molecule has 3 aromatic heterocycles. The molecular weight excluding hydrogens is 416 g/mol. The molecule has 0 saturated heterocycles. The Balaban J connectivity index is 1.35. The zero-order valence-electron chi connectivity index (χ0n) is 17.4. The molecule has 0 atom stereocenters. The third-order valence-electron chi connectivity index (χ3n) is 4.92. The van der Waals surface area contributed by atoms with Crippen LogP contribution in [0.5, 0.6) is 0 Å². The molecule has 0 bridgehead atoms. The quantitative estimate of drug-likeness (QED) is 0.318. The van der Waals surface area contributed by atoms with Crippen molar-refractivity contribution >= 4 is 33.8 Å². The van der Waals surface area contributed by atoms with Crippen LogP contribution in [0.1, 0.15) is 5.56 Å². The number of aromatic nitrogens is 4. The van der Waals surface area contributed by atoms with Gasteiger partial charge in [0.2, 0.25) is 5.95 Å². The summed E-state index contributed by atoms with van der Waals surface area (Å²) in [5, 5.41) is 9.64. The van der Waals surface area contributed by atoms with Crippen LogP contribution < -0.4 is 10.6 Å². The van der Waals surface area contributed by atoms with E-state index in [1.54, 1.807) is 29.9 Å². The molecule has 2 N–H and O–H groups in total. The van der Waals surface area contributed by atoms with Crippen molar-refractivity contribution in [3.05, 3.63) is 96.3 Å². The van der Waals surface area contributed by atoms with E-state index in [1.165, 1.54) is 0 Å². The zero-order valence-corrected chi connectivity index (χ0v) is 18.2. The zero-order chi connectivity index (χ0) is 21.8. The van der Waals surface area contributed by atoms with Gasteiger partial charge in [0.05, 0.1) is 11.4 Å². The number of rotatable bonds is 6. The Labute approximate surface area is 190 Å². The molecule has 3 heterocycles. The Morgan fingerprint density at radius 1 is 0.781 bits per heavy atom. The smallest absolute Gasteiger partial charge is 0.227 e. The van der Waals surface area contributed by atoms with E-state index in [2.05, 4.69) is 49.2 Å². The lowest BCUT2D eigenvalue weighted by molar-refractivity contribution is 1.16. The van der Waals surface area contributed by atoms with E-state index in [0.29, 0.717) is 5.95 Å². The topological polar surface area (TPSA) is 75.6 Å². The molecule has 0 amide bonds. The van der Waals surface area contributed by atoms with Crippen LogP contribution in [0, 0.1) is 6.92 Å². The maximum absolute atomic E-state index is 4.71. The molecule has 7 heteroatoms. The maximum Gasteiger partial charge on any atom is 0.227 e. The Morgan fingerprint density at radius 2 is 1.66 bits per heavy atom. The van der Waals surface area contributed by atoms with Crippen LogP contribution >= 0.6 is 11.3 Å². The predicted octanol–water partition coefficient (Wildman–Crippen LogP) is 6.46. The Hall–Kier alpha value is -4.10. The second-order valence-electron chi connectivity index (χ2n) is 7.19. The van der Waals surface area contributed by atoms with E-state index in [-0.39, 0.29) is 0 Å². The van der Waals surface area contributed by atoms with Crippen molar-refractivity contribution in [2.24, 2.45) is 0 Å². The molecule has 0 aliphatic carbocycles. The van der Waals surface area contributed by atoms with Gasteiger partial charge in [0.25, 0.3) is 0 Å². The van der Waals surface area contributed by atoms with Crippen LogP contribution in [0.3, 0.4) is 0 Å². The monoisotopic (exact) mass is 436 g/mol. The van der Waals surface area contributed by atoms with E-state index in [4.69, 9.17) is 4.98 Å². The first-order chi connectivity index (χ1) is 15.7. The molecule has 32 heavy (non-hydrogen) atoms. The summed E-state index contributed by atoms with van der Waals surface area (Å²) in [5.41, 5.74) is 6.79. The van der Waals surface area contributed by atoms with Crippen molar-refractivity contribution < 1.29 is 0 Å². The normalized spacial score (nSPS) is 10.7. The van der Waals surface area contributed by atoms with Crippen LogP contribution in [0.15, 0.2) is 90.7 Å². The molecule has 5 rings (SSSR count). The molecule has 0 aliphatic heterocycles. The molecule has 0 radical (unpaired) electrons. The van der Waals surface area contributed by atoms with E-state index >= 15 is 0 Å². The Morgan fingerprint density at radius 3 is 2.50 bits per heavy atom. The van der Waals surface area contributed by atoms with Crippen LogP contribution in [-0.4, -0.2) is 19.9 Å². The summed E-state index contributed by atoms with van der Waals surface area (Å²) in [7, 11) is 0. The van der Waals surface area contributed by atoms with Crippen molar-refractivity contribution in [1.82, 2.24) is 19.9 Å². The highest BCUT2D eigenvalue weighted by Crippen LogP contribution is 2.29. The van der Waals surface area contributed by atoms with Crippen LogP contribution in [0.2, 0.25) is 0 Å². The molecule has 0 saturated carbocycles. The molecule has 156 valence electrons.